The highest BCUT2D eigenvalue weighted by molar-refractivity contribution is 6.26. The lowest BCUT2D eigenvalue weighted by molar-refractivity contribution is -0.487. The van der Waals surface area contributed by atoms with E-state index in [9.17, 15) is 0 Å². The molecule has 4 nitrogen and oxygen atoms in total. The van der Waals surface area contributed by atoms with E-state index < -0.39 is 5.79 Å². The first-order valence-electron chi connectivity index (χ1n) is 6.35. The molecule has 0 radical (unpaired) electrons. The Morgan fingerprint density at radius 1 is 1.12 bits per heavy atom. The van der Waals surface area contributed by atoms with E-state index in [1.807, 2.05) is 0 Å². The summed E-state index contributed by atoms with van der Waals surface area (Å²) in [5.41, 5.74) is 0. The molecule has 0 aromatic carbocycles. The van der Waals surface area contributed by atoms with Gasteiger partial charge in [-0.1, -0.05) is 26.2 Å². The van der Waals surface area contributed by atoms with Crippen LogP contribution in [0, 0.1) is 0 Å². The minimum atomic E-state index is -0.667. The van der Waals surface area contributed by atoms with Crippen molar-refractivity contribution >= 4 is 7.48 Å². The Labute approximate surface area is 98.7 Å². The number of unbranched alkanes of at least 4 members (excludes halogenated alkanes) is 1. The highest BCUT2D eigenvalue weighted by Gasteiger charge is 2.36. The number of hydrogen-bond donors (Lipinski definition) is 0. The van der Waals surface area contributed by atoms with Gasteiger partial charge in [0.2, 0.25) is 5.79 Å². The molecule has 0 saturated heterocycles. The van der Waals surface area contributed by atoms with E-state index in [1.165, 1.54) is 26.4 Å². The molecule has 1 saturated carbocycles. The molecular formula is C11H23BO4. The molecule has 0 aromatic rings. The van der Waals surface area contributed by atoms with Crippen LogP contribution in [-0.2, 0) is 19.5 Å². The van der Waals surface area contributed by atoms with Gasteiger partial charge in [-0.05, 0) is 19.2 Å². The topological polar surface area (TPSA) is 36.9 Å². The lowest BCUT2D eigenvalue weighted by atomic mass is 9.92. The molecule has 0 atom stereocenters. The molecule has 94 valence electrons. The molecule has 0 unspecified atom stereocenters. The number of hydrogen-bond acceptors (Lipinski definition) is 4. The van der Waals surface area contributed by atoms with Gasteiger partial charge in [0.15, 0.2) is 0 Å². The second-order valence-corrected chi connectivity index (χ2v) is 4.33. The predicted molar refractivity (Wildman–Crippen MR) is 62.9 cm³/mol. The molecule has 1 fully saturated rings. The van der Waals surface area contributed by atoms with Gasteiger partial charge >= 0.3 is 7.48 Å². The summed E-state index contributed by atoms with van der Waals surface area (Å²) in [6, 6.07) is 0. The highest BCUT2D eigenvalue weighted by atomic mass is 17.3. The van der Waals surface area contributed by atoms with Crippen LogP contribution in [0.1, 0.15) is 51.9 Å². The van der Waals surface area contributed by atoms with Gasteiger partial charge in [-0.2, -0.15) is 4.89 Å². The van der Waals surface area contributed by atoms with Gasteiger partial charge in [0.25, 0.3) is 0 Å². The van der Waals surface area contributed by atoms with Gasteiger partial charge in [0.05, 0.1) is 7.11 Å². The molecule has 1 aliphatic rings. The van der Waals surface area contributed by atoms with Crippen LogP contribution in [0.5, 0.6) is 0 Å². The maximum Gasteiger partial charge on any atom is 0.323 e. The standard InChI is InChI=1S/C11H23BO4/c1-3-4-10-12-16-15-11(14-13-2)8-6-5-7-9-11/h12H,3-10H2,1-2H3. The summed E-state index contributed by atoms with van der Waals surface area (Å²) < 4.78 is 0. The largest absolute Gasteiger partial charge is 0.323 e. The minimum absolute atomic E-state index is 0.628. The lowest BCUT2D eigenvalue weighted by Crippen LogP contribution is -2.38. The van der Waals surface area contributed by atoms with Crippen molar-refractivity contribution in [3.63, 3.8) is 0 Å². The summed E-state index contributed by atoms with van der Waals surface area (Å²) in [6.07, 6.45) is 8.49. The molecule has 0 amide bonds. The van der Waals surface area contributed by atoms with Crippen molar-refractivity contribution in [2.75, 3.05) is 7.11 Å². The second-order valence-electron chi connectivity index (χ2n) is 4.33. The highest BCUT2D eigenvalue weighted by Crippen LogP contribution is 2.32. The average molecular weight is 230 g/mol. The monoisotopic (exact) mass is 230 g/mol. The molecule has 0 spiro atoms. The Balaban J connectivity index is 2.21. The molecule has 0 aromatic heterocycles. The van der Waals surface area contributed by atoms with E-state index in [4.69, 9.17) is 19.5 Å². The molecule has 0 heterocycles. The van der Waals surface area contributed by atoms with Crippen LogP contribution >= 0.6 is 0 Å². The van der Waals surface area contributed by atoms with E-state index in [-0.39, 0.29) is 0 Å². The molecule has 1 rings (SSSR count). The molecular weight excluding hydrogens is 207 g/mol. The normalized spacial score (nSPS) is 19.6. The molecule has 0 bridgehead atoms. The van der Waals surface area contributed by atoms with E-state index in [1.54, 1.807) is 0 Å². The van der Waals surface area contributed by atoms with Crippen molar-refractivity contribution in [1.82, 2.24) is 0 Å². The van der Waals surface area contributed by atoms with Crippen LogP contribution in [0.25, 0.3) is 0 Å². The van der Waals surface area contributed by atoms with Crippen molar-refractivity contribution < 1.29 is 19.5 Å². The van der Waals surface area contributed by atoms with Crippen molar-refractivity contribution in [2.45, 2.75) is 64.0 Å². The fraction of sp³-hybridized carbons (Fsp3) is 1.00. The maximum absolute atomic E-state index is 5.41. The zero-order valence-electron chi connectivity index (χ0n) is 10.5. The van der Waals surface area contributed by atoms with Gasteiger partial charge in [-0.15, -0.1) is 0 Å². The van der Waals surface area contributed by atoms with Gasteiger partial charge in [0, 0.05) is 12.8 Å². The zero-order chi connectivity index (χ0) is 11.7. The fourth-order valence-electron chi connectivity index (χ4n) is 1.98. The third-order valence-electron chi connectivity index (χ3n) is 2.89. The maximum atomic E-state index is 5.41. The molecule has 5 heteroatoms. The summed E-state index contributed by atoms with van der Waals surface area (Å²) in [7, 11) is 2.14. The summed E-state index contributed by atoms with van der Waals surface area (Å²) >= 11 is 0. The Morgan fingerprint density at radius 2 is 1.88 bits per heavy atom. The Kier molecular flexibility index (Phi) is 7.04. The van der Waals surface area contributed by atoms with Gasteiger partial charge < -0.3 is 4.81 Å². The molecule has 0 N–H and O–H groups in total. The van der Waals surface area contributed by atoms with Crippen molar-refractivity contribution in [2.24, 2.45) is 0 Å². The Hall–Kier alpha value is -0.0951. The molecule has 16 heavy (non-hydrogen) atoms. The van der Waals surface area contributed by atoms with Crippen LogP contribution in [0.15, 0.2) is 0 Å². The van der Waals surface area contributed by atoms with Crippen LogP contribution < -0.4 is 0 Å². The van der Waals surface area contributed by atoms with Gasteiger partial charge in [0.1, 0.15) is 0 Å². The first-order chi connectivity index (χ1) is 7.83. The van der Waals surface area contributed by atoms with Crippen LogP contribution in [0.2, 0.25) is 6.32 Å². The van der Waals surface area contributed by atoms with Crippen LogP contribution in [-0.4, -0.2) is 20.4 Å². The van der Waals surface area contributed by atoms with E-state index >= 15 is 0 Å². The summed E-state index contributed by atoms with van der Waals surface area (Å²) in [5, 5.41) is 0. The fourth-order valence-corrected chi connectivity index (χ4v) is 1.98. The van der Waals surface area contributed by atoms with Crippen molar-refractivity contribution in [1.29, 1.82) is 0 Å². The Morgan fingerprint density at radius 3 is 2.50 bits per heavy atom. The van der Waals surface area contributed by atoms with Crippen LogP contribution in [0.4, 0.5) is 0 Å². The second kappa shape index (κ2) is 8.06. The van der Waals surface area contributed by atoms with Crippen molar-refractivity contribution in [3.05, 3.63) is 0 Å². The average Bonchev–Trinajstić information content (AvgIpc) is 2.30. The van der Waals surface area contributed by atoms with E-state index in [0.29, 0.717) is 7.48 Å². The smallest absolute Gasteiger partial charge is 0.307 e. The number of rotatable bonds is 8. The van der Waals surface area contributed by atoms with E-state index in [0.717, 1.165) is 32.0 Å². The lowest BCUT2D eigenvalue weighted by Gasteiger charge is -2.33. The SMILES string of the molecule is CCCCBOOC1(OOC)CCCCC1. The molecule has 1 aliphatic carbocycles. The Bertz CT molecular complexity index is 166. The third-order valence-corrected chi connectivity index (χ3v) is 2.89. The summed E-state index contributed by atoms with van der Waals surface area (Å²) in [6.45, 7) is 2.16. The van der Waals surface area contributed by atoms with Crippen LogP contribution in [0.3, 0.4) is 0 Å². The van der Waals surface area contributed by atoms with Gasteiger partial charge in [-0.25, -0.2) is 9.78 Å². The third kappa shape index (κ3) is 4.83. The van der Waals surface area contributed by atoms with E-state index in [2.05, 4.69) is 6.92 Å². The summed E-state index contributed by atoms with van der Waals surface area (Å²) in [5.74, 6) is -0.667. The first kappa shape index (κ1) is 14.0. The van der Waals surface area contributed by atoms with Gasteiger partial charge in [-0.3, -0.25) is 0 Å². The molecule has 0 aliphatic heterocycles. The first-order valence-corrected chi connectivity index (χ1v) is 6.35. The van der Waals surface area contributed by atoms with Crippen molar-refractivity contribution in [3.8, 4) is 0 Å². The summed E-state index contributed by atoms with van der Waals surface area (Å²) in [4.78, 5) is 20.6. The predicted octanol–water partition coefficient (Wildman–Crippen LogP) is 2.74. The minimum Gasteiger partial charge on any atom is -0.307 e. The zero-order valence-corrected chi connectivity index (χ0v) is 10.5. The quantitative estimate of drug-likeness (QED) is 0.211.